The molecule has 3 rings (SSSR count). The van der Waals surface area contributed by atoms with Gasteiger partial charge in [-0.1, -0.05) is 11.6 Å². The van der Waals surface area contributed by atoms with E-state index in [4.69, 9.17) is 16.3 Å². The lowest BCUT2D eigenvalue weighted by Gasteiger charge is -2.15. The molecule has 5 nitrogen and oxygen atoms in total. The summed E-state index contributed by atoms with van der Waals surface area (Å²) in [6.07, 6.45) is 2.12. The maximum atomic E-state index is 12.3. The molecular weight excluding hydrogens is 364 g/mol. The normalized spacial score (nSPS) is 13.5. The fourth-order valence-electron chi connectivity index (χ4n) is 3.13. The predicted octanol–water partition coefficient (Wildman–Crippen LogP) is 4.21. The van der Waals surface area contributed by atoms with Crippen LogP contribution in [0.3, 0.4) is 0 Å². The summed E-state index contributed by atoms with van der Waals surface area (Å²) < 4.78 is 5.55. The van der Waals surface area contributed by atoms with Crippen LogP contribution in [0.1, 0.15) is 34.3 Å². The minimum atomic E-state index is -0.265. The second-order valence-electron chi connectivity index (χ2n) is 6.78. The van der Waals surface area contributed by atoms with Crippen LogP contribution in [-0.4, -0.2) is 36.4 Å². The van der Waals surface area contributed by atoms with E-state index in [1.807, 2.05) is 18.7 Å². The number of benzene rings is 2. The van der Waals surface area contributed by atoms with E-state index in [-0.39, 0.29) is 18.4 Å². The Balaban J connectivity index is 1.54. The fourth-order valence-corrected chi connectivity index (χ4v) is 3.24. The third-order valence-corrected chi connectivity index (χ3v) is 5.18. The van der Waals surface area contributed by atoms with Crippen molar-refractivity contribution in [2.45, 2.75) is 26.7 Å². The van der Waals surface area contributed by atoms with Crippen LogP contribution in [0.5, 0.6) is 5.75 Å². The highest BCUT2D eigenvalue weighted by molar-refractivity contribution is 6.32. The van der Waals surface area contributed by atoms with Gasteiger partial charge in [0.2, 0.25) is 0 Å². The molecular formula is C21H23ClN2O3. The number of hydrogen-bond acceptors (Lipinski definition) is 3. The Kier molecular flexibility index (Phi) is 6.01. The Morgan fingerprint density at radius 2 is 1.67 bits per heavy atom. The van der Waals surface area contributed by atoms with E-state index in [1.54, 1.807) is 36.4 Å². The Bertz CT molecular complexity index is 820. The van der Waals surface area contributed by atoms with Gasteiger partial charge in [-0.05, 0) is 74.2 Å². The number of aryl methyl sites for hydroxylation is 2. The summed E-state index contributed by atoms with van der Waals surface area (Å²) in [5, 5.41) is 3.48. The Morgan fingerprint density at radius 3 is 2.26 bits per heavy atom. The largest absolute Gasteiger partial charge is 0.484 e. The summed E-state index contributed by atoms with van der Waals surface area (Å²) in [4.78, 5) is 26.3. The molecule has 0 bridgehead atoms. The molecule has 1 fully saturated rings. The van der Waals surface area contributed by atoms with Crippen molar-refractivity contribution in [1.29, 1.82) is 0 Å². The second-order valence-corrected chi connectivity index (χ2v) is 7.16. The predicted molar refractivity (Wildman–Crippen MR) is 107 cm³/mol. The molecule has 1 N–H and O–H groups in total. The molecule has 6 heteroatoms. The van der Waals surface area contributed by atoms with Crippen LogP contribution in [0, 0.1) is 13.8 Å². The summed E-state index contributed by atoms with van der Waals surface area (Å²) >= 11 is 6.13. The van der Waals surface area contributed by atoms with Crippen LogP contribution in [0.25, 0.3) is 0 Å². The standard InChI is InChI=1S/C21H23ClN2O3/c1-14-11-18(12-15(2)20(14)22)27-13-19(25)23-17-7-5-16(6-8-17)21(26)24-9-3-4-10-24/h5-8,11-12H,3-4,9-10,13H2,1-2H3,(H,23,25). The maximum absolute atomic E-state index is 12.3. The van der Waals surface area contributed by atoms with Crippen molar-refractivity contribution in [3.8, 4) is 5.75 Å². The molecule has 2 aromatic carbocycles. The molecule has 0 radical (unpaired) electrons. The smallest absolute Gasteiger partial charge is 0.262 e. The fraction of sp³-hybridized carbons (Fsp3) is 0.333. The van der Waals surface area contributed by atoms with Crippen molar-refractivity contribution in [2.24, 2.45) is 0 Å². The number of rotatable bonds is 5. The molecule has 0 saturated carbocycles. The van der Waals surface area contributed by atoms with E-state index >= 15 is 0 Å². The van der Waals surface area contributed by atoms with Gasteiger partial charge < -0.3 is 15.0 Å². The van der Waals surface area contributed by atoms with Gasteiger partial charge >= 0.3 is 0 Å². The van der Waals surface area contributed by atoms with E-state index in [9.17, 15) is 9.59 Å². The molecule has 1 heterocycles. The van der Waals surface area contributed by atoms with Crippen LogP contribution in [0.15, 0.2) is 36.4 Å². The topological polar surface area (TPSA) is 58.6 Å². The first kappa shape index (κ1) is 19.2. The summed E-state index contributed by atoms with van der Waals surface area (Å²) in [5.74, 6) is 0.386. The van der Waals surface area contributed by atoms with Crippen molar-refractivity contribution in [3.05, 3.63) is 58.1 Å². The Morgan fingerprint density at radius 1 is 1.07 bits per heavy atom. The van der Waals surface area contributed by atoms with Gasteiger partial charge in [0.15, 0.2) is 6.61 Å². The highest BCUT2D eigenvalue weighted by atomic mass is 35.5. The highest BCUT2D eigenvalue weighted by Gasteiger charge is 2.19. The third kappa shape index (κ3) is 4.80. The maximum Gasteiger partial charge on any atom is 0.262 e. The number of anilines is 1. The van der Waals surface area contributed by atoms with Gasteiger partial charge in [-0.3, -0.25) is 9.59 Å². The molecule has 0 aromatic heterocycles. The lowest BCUT2D eigenvalue weighted by atomic mass is 10.1. The minimum Gasteiger partial charge on any atom is -0.484 e. The monoisotopic (exact) mass is 386 g/mol. The lowest BCUT2D eigenvalue weighted by molar-refractivity contribution is -0.118. The van der Waals surface area contributed by atoms with Crippen LogP contribution in [0.4, 0.5) is 5.69 Å². The van der Waals surface area contributed by atoms with Crippen LogP contribution in [-0.2, 0) is 4.79 Å². The van der Waals surface area contributed by atoms with Crippen molar-refractivity contribution < 1.29 is 14.3 Å². The molecule has 1 aliphatic rings. The number of nitrogens with zero attached hydrogens (tertiary/aromatic N) is 1. The molecule has 0 aliphatic carbocycles. The number of halogens is 1. The van der Waals surface area contributed by atoms with Crippen molar-refractivity contribution in [2.75, 3.05) is 25.0 Å². The average Bonchev–Trinajstić information content (AvgIpc) is 3.19. The van der Waals surface area contributed by atoms with Crippen molar-refractivity contribution in [3.63, 3.8) is 0 Å². The van der Waals surface area contributed by atoms with Gasteiger partial charge in [-0.25, -0.2) is 0 Å². The number of amides is 2. The van der Waals surface area contributed by atoms with Gasteiger partial charge in [-0.15, -0.1) is 0 Å². The summed E-state index contributed by atoms with van der Waals surface area (Å²) in [7, 11) is 0. The molecule has 2 aromatic rings. The summed E-state index contributed by atoms with van der Waals surface area (Å²) in [6.45, 7) is 5.33. The number of carbonyl (C=O) groups excluding carboxylic acids is 2. The first-order valence-corrected chi connectivity index (χ1v) is 9.40. The number of ether oxygens (including phenoxy) is 1. The quantitative estimate of drug-likeness (QED) is 0.837. The van der Waals surface area contributed by atoms with Gasteiger partial charge in [0.05, 0.1) is 0 Å². The molecule has 1 aliphatic heterocycles. The van der Waals surface area contributed by atoms with Gasteiger partial charge in [0.25, 0.3) is 11.8 Å². The average molecular weight is 387 g/mol. The number of likely N-dealkylation sites (tertiary alicyclic amines) is 1. The third-order valence-electron chi connectivity index (χ3n) is 4.59. The van der Waals surface area contributed by atoms with Gasteiger partial charge in [0.1, 0.15) is 5.75 Å². The minimum absolute atomic E-state index is 0.0437. The second kappa shape index (κ2) is 8.44. The molecule has 0 atom stereocenters. The molecule has 27 heavy (non-hydrogen) atoms. The molecule has 1 saturated heterocycles. The van der Waals surface area contributed by atoms with Gasteiger partial charge in [0, 0.05) is 29.4 Å². The highest BCUT2D eigenvalue weighted by Crippen LogP contribution is 2.25. The number of carbonyl (C=O) groups is 2. The summed E-state index contributed by atoms with van der Waals surface area (Å²) in [6, 6.07) is 10.6. The van der Waals surface area contributed by atoms with E-state index in [0.29, 0.717) is 22.0 Å². The molecule has 2 amide bonds. The molecule has 0 spiro atoms. The van der Waals surface area contributed by atoms with Crippen LogP contribution >= 0.6 is 11.6 Å². The lowest BCUT2D eigenvalue weighted by Crippen LogP contribution is -2.27. The van der Waals surface area contributed by atoms with E-state index < -0.39 is 0 Å². The van der Waals surface area contributed by atoms with Crippen molar-refractivity contribution >= 4 is 29.1 Å². The molecule has 0 unspecified atom stereocenters. The van der Waals surface area contributed by atoms with E-state index in [0.717, 1.165) is 37.1 Å². The zero-order valence-electron chi connectivity index (χ0n) is 15.5. The van der Waals surface area contributed by atoms with Gasteiger partial charge in [-0.2, -0.15) is 0 Å². The summed E-state index contributed by atoms with van der Waals surface area (Å²) in [5.41, 5.74) is 3.08. The van der Waals surface area contributed by atoms with E-state index in [1.165, 1.54) is 0 Å². The first-order valence-electron chi connectivity index (χ1n) is 9.03. The zero-order valence-corrected chi connectivity index (χ0v) is 16.3. The first-order chi connectivity index (χ1) is 12.9. The molecule has 142 valence electrons. The Hall–Kier alpha value is -2.53. The zero-order chi connectivity index (χ0) is 19.4. The SMILES string of the molecule is Cc1cc(OCC(=O)Nc2ccc(C(=O)N3CCCC3)cc2)cc(C)c1Cl. The number of nitrogens with one attached hydrogen (secondary N) is 1. The number of hydrogen-bond donors (Lipinski definition) is 1. The Labute approximate surface area is 164 Å². The van der Waals surface area contributed by atoms with E-state index in [2.05, 4.69) is 5.32 Å². The van der Waals surface area contributed by atoms with Crippen LogP contribution in [0.2, 0.25) is 5.02 Å². The van der Waals surface area contributed by atoms with Crippen molar-refractivity contribution in [1.82, 2.24) is 4.90 Å². The van der Waals surface area contributed by atoms with Crippen LogP contribution < -0.4 is 10.1 Å².